The maximum Gasteiger partial charge on any atom is 0.248 e. The molecule has 5 heteroatoms. The Bertz CT molecular complexity index is 519. The number of benzene rings is 1. The molecule has 0 bridgehead atoms. The van der Waals surface area contributed by atoms with Crippen LogP contribution in [0.3, 0.4) is 0 Å². The van der Waals surface area contributed by atoms with Crippen LogP contribution in [0.25, 0.3) is 0 Å². The number of nitrogens with two attached hydrogens (primary N) is 1. The number of carbonyl (C=O) groups is 1. The molecular formula is C14H18ClN3O. The lowest BCUT2D eigenvalue weighted by molar-refractivity contribution is 0.100. The number of anilines is 1. The summed E-state index contributed by atoms with van der Waals surface area (Å²) in [6.45, 7) is 5.44. The van der Waals surface area contributed by atoms with Crippen molar-refractivity contribution < 1.29 is 4.79 Å². The zero-order chi connectivity index (χ0) is 13.6. The number of nitrogens with zero attached hydrogens (tertiary/aromatic N) is 1. The third-order valence-corrected chi connectivity index (χ3v) is 4.78. The molecule has 2 aliphatic rings. The molecule has 0 saturated carbocycles. The molecule has 0 radical (unpaired) electrons. The molecule has 0 aliphatic carbocycles. The molecule has 1 aromatic carbocycles. The first-order valence-corrected chi connectivity index (χ1v) is 7.02. The van der Waals surface area contributed by atoms with E-state index in [1.54, 1.807) is 12.1 Å². The zero-order valence-corrected chi connectivity index (χ0v) is 11.7. The van der Waals surface area contributed by atoms with E-state index in [2.05, 4.69) is 17.1 Å². The van der Waals surface area contributed by atoms with Gasteiger partial charge in [0, 0.05) is 31.2 Å². The molecule has 3 unspecified atom stereocenters. The molecule has 19 heavy (non-hydrogen) atoms. The van der Waals surface area contributed by atoms with Crippen LogP contribution in [-0.2, 0) is 0 Å². The molecule has 2 heterocycles. The first-order chi connectivity index (χ1) is 9.08. The van der Waals surface area contributed by atoms with Crippen molar-refractivity contribution in [2.75, 3.05) is 24.5 Å². The van der Waals surface area contributed by atoms with E-state index >= 15 is 0 Å². The van der Waals surface area contributed by atoms with E-state index in [0.29, 0.717) is 28.5 Å². The Morgan fingerprint density at radius 2 is 2.26 bits per heavy atom. The van der Waals surface area contributed by atoms with E-state index in [-0.39, 0.29) is 0 Å². The first kappa shape index (κ1) is 12.8. The summed E-state index contributed by atoms with van der Waals surface area (Å²) >= 11 is 6.31. The highest BCUT2D eigenvalue weighted by Gasteiger charge is 2.42. The van der Waals surface area contributed by atoms with Crippen molar-refractivity contribution in [3.8, 4) is 0 Å². The van der Waals surface area contributed by atoms with Crippen LogP contribution in [0.2, 0.25) is 5.02 Å². The summed E-state index contributed by atoms with van der Waals surface area (Å²) in [6, 6.07) is 5.80. The SMILES string of the molecule is CC1C2CNCC2CN1c1ccc(C(N)=O)cc1Cl. The van der Waals surface area contributed by atoms with Crippen molar-refractivity contribution in [3.63, 3.8) is 0 Å². The minimum Gasteiger partial charge on any atom is -0.367 e. The van der Waals surface area contributed by atoms with Crippen LogP contribution < -0.4 is 16.0 Å². The van der Waals surface area contributed by atoms with Crippen LogP contribution in [0, 0.1) is 11.8 Å². The number of primary amides is 1. The topological polar surface area (TPSA) is 58.4 Å². The lowest BCUT2D eigenvalue weighted by Gasteiger charge is -2.27. The smallest absolute Gasteiger partial charge is 0.248 e. The van der Waals surface area contributed by atoms with Crippen LogP contribution in [0.4, 0.5) is 5.69 Å². The van der Waals surface area contributed by atoms with Crippen molar-refractivity contribution in [2.24, 2.45) is 17.6 Å². The number of fused-ring (bicyclic) bond motifs is 1. The van der Waals surface area contributed by atoms with E-state index in [4.69, 9.17) is 17.3 Å². The van der Waals surface area contributed by atoms with Gasteiger partial charge in [-0.3, -0.25) is 4.79 Å². The van der Waals surface area contributed by atoms with Crippen LogP contribution in [-0.4, -0.2) is 31.6 Å². The van der Waals surface area contributed by atoms with Gasteiger partial charge in [0.2, 0.25) is 5.91 Å². The Balaban J connectivity index is 1.89. The summed E-state index contributed by atoms with van der Waals surface area (Å²) in [6.07, 6.45) is 0. The van der Waals surface area contributed by atoms with Crippen LogP contribution >= 0.6 is 11.6 Å². The van der Waals surface area contributed by atoms with Gasteiger partial charge in [-0.05, 0) is 37.0 Å². The Morgan fingerprint density at radius 1 is 1.47 bits per heavy atom. The summed E-state index contributed by atoms with van der Waals surface area (Å²) < 4.78 is 0. The Kier molecular flexibility index (Phi) is 3.15. The highest BCUT2D eigenvalue weighted by molar-refractivity contribution is 6.33. The Labute approximate surface area is 117 Å². The largest absolute Gasteiger partial charge is 0.367 e. The monoisotopic (exact) mass is 279 g/mol. The molecule has 2 saturated heterocycles. The van der Waals surface area contributed by atoms with Gasteiger partial charge in [0.05, 0.1) is 10.7 Å². The van der Waals surface area contributed by atoms with Crippen molar-refractivity contribution in [3.05, 3.63) is 28.8 Å². The van der Waals surface area contributed by atoms with E-state index in [1.165, 1.54) is 0 Å². The second kappa shape index (κ2) is 4.69. The van der Waals surface area contributed by atoms with Crippen LogP contribution in [0.15, 0.2) is 18.2 Å². The number of rotatable bonds is 2. The fourth-order valence-corrected chi connectivity index (χ4v) is 3.67. The average molecular weight is 280 g/mol. The second-order valence-corrected chi connectivity index (χ2v) is 5.91. The van der Waals surface area contributed by atoms with Gasteiger partial charge < -0.3 is 16.0 Å². The normalized spacial score (nSPS) is 29.6. The highest BCUT2D eigenvalue weighted by Crippen LogP contribution is 2.38. The van der Waals surface area contributed by atoms with Gasteiger partial charge in [0.1, 0.15) is 0 Å². The molecule has 3 N–H and O–H groups in total. The quantitative estimate of drug-likeness (QED) is 0.862. The molecule has 2 fully saturated rings. The predicted octanol–water partition coefficient (Wildman–Crippen LogP) is 1.48. The standard InChI is InChI=1S/C14H18ClN3O/c1-8-11-6-17-5-10(11)7-18(8)13-3-2-9(14(16)19)4-12(13)15/h2-4,8,10-11,17H,5-7H2,1H3,(H2,16,19). The van der Waals surface area contributed by atoms with Crippen molar-refractivity contribution in [1.29, 1.82) is 0 Å². The molecule has 1 amide bonds. The number of carbonyl (C=O) groups excluding carboxylic acids is 1. The zero-order valence-electron chi connectivity index (χ0n) is 10.9. The van der Waals surface area contributed by atoms with Crippen LogP contribution in [0.1, 0.15) is 17.3 Å². The van der Waals surface area contributed by atoms with E-state index in [1.807, 2.05) is 6.07 Å². The summed E-state index contributed by atoms with van der Waals surface area (Å²) in [5.41, 5.74) is 6.74. The molecular weight excluding hydrogens is 262 g/mol. The lowest BCUT2D eigenvalue weighted by Crippen LogP contribution is -2.33. The van der Waals surface area contributed by atoms with Gasteiger partial charge >= 0.3 is 0 Å². The number of hydrogen-bond acceptors (Lipinski definition) is 3. The predicted molar refractivity (Wildman–Crippen MR) is 76.6 cm³/mol. The van der Waals surface area contributed by atoms with Gasteiger partial charge in [-0.2, -0.15) is 0 Å². The van der Waals surface area contributed by atoms with Gasteiger partial charge in [-0.15, -0.1) is 0 Å². The van der Waals surface area contributed by atoms with Gasteiger partial charge in [-0.1, -0.05) is 11.6 Å². The van der Waals surface area contributed by atoms with E-state index < -0.39 is 5.91 Å². The summed E-state index contributed by atoms with van der Waals surface area (Å²) in [5, 5.41) is 4.05. The van der Waals surface area contributed by atoms with Crippen molar-refractivity contribution in [2.45, 2.75) is 13.0 Å². The average Bonchev–Trinajstić information content (AvgIpc) is 2.93. The molecule has 0 aromatic heterocycles. The van der Waals surface area contributed by atoms with Gasteiger partial charge in [-0.25, -0.2) is 0 Å². The number of hydrogen-bond donors (Lipinski definition) is 2. The second-order valence-electron chi connectivity index (χ2n) is 5.51. The third kappa shape index (κ3) is 2.09. The molecule has 3 rings (SSSR count). The number of nitrogens with one attached hydrogen (secondary N) is 1. The minimum absolute atomic E-state index is 0.441. The number of halogens is 1. The molecule has 102 valence electrons. The van der Waals surface area contributed by atoms with Gasteiger partial charge in [0.25, 0.3) is 0 Å². The summed E-state index contributed by atoms with van der Waals surface area (Å²) in [7, 11) is 0. The molecule has 0 spiro atoms. The Morgan fingerprint density at radius 3 is 2.89 bits per heavy atom. The molecule has 3 atom stereocenters. The fraction of sp³-hybridized carbons (Fsp3) is 0.500. The van der Waals surface area contributed by atoms with Gasteiger partial charge in [0.15, 0.2) is 0 Å². The van der Waals surface area contributed by atoms with E-state index in [0.717, 1.165) is 25.3 Å². The molecule has 2 aliphatic heterocycles. The number of amides is 1. The summed E-state index contributed by atoms with van der Waals surface area (Å²) in [5.74, 6) is 0.942. The molecule has 4 nitrogen and oxygen atoms in total. The summed E-state index contributed by atoms with van der Waals surface area (Å²) in [4.78, 5) is 13.5. The van der Waals surface area contributed by atoms with Crippen molar-refractivity contribution in [1.82, 2.24) is 5.32 Å². The minimum atomic E-state index is -0.441. The Hall–Kier alpha value is -1.26. The maximum absolute atomic E-state index is 11.2. The lowest BCUT2D eigenvalue weighted by atomic mass is 9.95. The first-order valence-electron chi connectivity index (χ1n) is 6.64. The molecule has 1 aromatic rings. The fourth-order valence-electron chi connectivity index (χ4n) is 3.38. The van der Waals surface area contributed by atoms with E-state index in [9.17, 15) is 4.79 Å². The van der Waals surface area contributed by atoms with Crippen LogP contribution in [0.5, 0.6) is 0 Å². The third-order valence-electron chi connectivity index (χ3n) is 4.48. The highest BCUT2D eigenvalue weighted by atomic mass is 35.5. The van der Waals surface area contributed by atoms with Crippen molar-refractivity contribution >= 4 is 23.2 Å². The maximum atomic E-state index is 11.2.